The van der Waals surface area contributed by atoms with Crippen LogP contribution < -0.4 is 10.6 Å². The molecule has 144 valence electrons. The topological polar surface area (TPSA) is 92.3 Å². The van der Waals surface area contributed by atoms with Gasteiger partial charge in [0.1, 0.15) is 5.71 Å². The Kier molecular flexibility index (Phi) is 4.98. The second-order valence-corrected chi connectivity index (χ2v) is 7.30. The molecule has 1 aromatic carbocycles. The van der Waals surface area contributed by atoms with Gasteiger partial charge in [-0.3, -0.25) is 4.79 Å². The molecular formula is C19H24N4O4. The Morgan fingerprint density at radius 3 is 2.93 bits per heavy atom. The molecule has 1 aromatic rings. The fourth-order valence-electron chi connectivity index (χ4n) is 3.72. The SMILES string of the molecule is O=C(NC[C@@H]1CCCO1)C1=NO[C@]2(CCN(C(=O)Nc3ccccc3)C2)C1. The van der Waals surface area contributed by atoms with Gasteiger partial charge in [-0.2, -0.15) is 0 Å². The number of benzene rings is 1. The molecule has 8 heteroatoms. The minimum Gasteiger partial charge on any atom is -0.386 e. The Labute approximate surface area is 157 Å². The molecule has 27 heavy (non-hydrogen) atoms. The first-order chi connectivity index (χ1) is 13.1. The van der Waals surface area contributed by atoms with E-state index in [4.69, 9.17) is 9.57 Å². The van der Waals surface area contributed by atoms with Crippen molar-refractivity contribution in [3.63, 3.8) is 0 Å². The number of rotatable bonds is 4. The molecule has 0 bridgehead atoms. The number of nitrogens with zero attached hydrogens (tertiary/aromatic N) is 2. The summed E-state index contributed by atoms with van der Waals surface area (Å²) in [6.45, 7) is 2.24. The Hall–Kier alpha value is -2.61. The van der Waals surface area contributed by atoms with Crippen LogP contribution in [0.15, 0.2) is 35.5 Å². The summed E-state index contributed by atoms with van der Waals surface area (Å²) in [6.07, 6.45) is 3.17. The first-order valence-electron chi connectivity index (χ1n) is 9.39. The van der Waals surface area contributed by atoms with Crippen LogP contribution in [0.3, 0.4) is 0 Å². The Morgan fingerprint density at radius 2 is 2.15 bits per heavy atom. The quantitative estimate of drug-likeness (QED) is 0.842. The summed E-state index contributed by atoms with van der Waals surface area (Å²) in [5.41, 5.74) is 0.546. The molecule has 4 rings (SSSR count). The number of hydrogen-bond donors (Lipinski definition) is 2. The minimum atomic E-state index is -0.593. The van der Waals surface area contributed by atoms with Crippen molar-refractivity contribution in [2.24, 2.45) is 5.16 Å². The van der Waals surface area contributed by atoms with E-state index in [1.807, 2.05) is 30.3 Å². The third kappa shape index (κ3) is 4.05. The smallest absolute Gasteiger partial charge is 0.321 e. The van der Waals surface area contributed by atoms with Crippen molar-refractivity contribution in [3.8, 4) is 0 Å². The van der Waals surface area contributed by atoms with Gasteiger partial charge in [0.05, 0.1) is 12.6 Å². The summed E-state index contributed by atoms with van der Waals surface area (Å²) in [6, 6.07) is 9.16. The average Bonchev–Trinajstić information content (AvgIpc) is 3.43. The van der Waals surface area contributed by atoms with Crippen LogP contribution in [0, 0.1) is 0 Å². The molecule has 0 aliphatic carbocycles. The van der Waals surface area contributed by atoms with E-state index in [1.165, 1.54) is 0 Å². The van der Waals surface area contributed by atoms with E-state index < -0.39 is 5.60 Å². The van der Waals surface area contributed by atoms with Gasteiger partial charge in [-0.25, -0.2) is 4.79 Å². The molecule has 2 N–H and O–H groups in total. The number of amides is 3. The Morgan fingerprint density at radius 1 is 1.30 bits per heavy atom. The maximum absolute atomic E-state index is 12.4. The number of oxime groups is 1. The van der Waals surface area contributed by atoms with E-state index in [-0.39, 0.29) is 18.0 Å². The zero-order chi connectivity index (χ0) is 18.7. The molecule has 3 aliphatic heterocycles. The number of carbonyl (C=O) groups is 2. The number of anilines is 1. The first-order valence-corrected chi connectivity index (χ1v) is 9.39. The first kappa shape index (κ1) is 17.8. The van der Waals surface area contributed by atoms with Gasteiger partial charge in [0, 0.05) is 38.2 Å². The number of para-hydroxylation sites is 1. The van der Waals surface area contributed by atoms with Gasteiger partial charge < -0.3 is 25.1 Å². The van der Waals surface area contributed by atoms with Crippen LogP contribution in [-0.2, 0) is 14.4 Å². The summed E-state index contributed by atoms with van der Waals surface area (Å²) in [4.78, 5) is 32.1. The van der Waals surface area contributed by atoms with Crippen molar-refractivity contribution in [3.05, 3.63) is 30.3 Å². The van der Waals surface area contributed by atoms with Crippen molar-refractivity contribution in [2.45, 2.75) is 37.4 Å². The lowest BCUT2D eigenvalue weighted by molar-refractivity contribution is -0.115. The van der Waals surface area contributed by atoms with Crippen LogP contribution in [0.25, 0.3) is 0 Å². The number of nitrogens with one attached hydrogen (secondary N) is 2. The zero-order valence-corrected chi connectivity index (χ0v) is 15.1. The summed E-state index contributed by atoms with van der Waals surface area (Å²) in [7, 11) is 0. The van der Waals surface area contributed by atoms with Crippen molar-refractivity contribution in [2.75, 3.05) is 31.6 Å². The molecule has 3 aliphatic rings. The lowest BCUT2D eigenvalue weighted by atomic mass is 9.96. The highest BCUT2D eigenvalue weighted by atomic mass is 16.7. The standard InChI is InChI=1S/C19H24N4O4/c24-17(20-12-15-7-4-10-26-15)16-11-19(27-22-16)8-9-23(13-19)18(25)21-14-5-2-1-3-6-14/h1-3,5-6,15H,4,7-13H2,(H,20,24)(H,21,25)/t15-,19+/m0/s1. The second-order valence-electron chi connectivity index (χ2n) is 7.30. The molecule has 0 aromatic heterocycles. The van der Waals surface area contributed by atoms with Crippen LogP contribution in [0.5, 0.6) is 0 Å². The maximum atomic E-state index is 12.4. The number of ether oxygens (including phenoxy) is 1. The molecule has 0 saturated carbocycles. The van der Waals surface area contributed by atoms with Gasteiger partial charge in [0.15, 0.2) is 5.60 Å². The summed E-state index contributed by atoms with van der Waals surface area (Å²) >= 11 is 0. The molecule has 0 unspecified atom stereocenters. The Balaban J connectivity index is 1.27. The van der Waals surface area contributed by atoms with Gasteiger partial charge in [-0.05, 0) is 25.0 Å². The highest BCUT2D eigenvalue weighted by molar-refractivity contribution is 6.39. The summed E-state index contributed by atoms with van der Waals surface area (Å²) in [5, 5.41) is 9.75. The molecule has 2 atom stereocenters. The molecule has 2 fully saturated rings. The number of likely N-dealkylation sites (tertiary alicyclic amines) is 1. The molecule has 0 radical (unpaired) electrons. The molecular weight excluding hydrogens is 348 g/mol. The molecule has 2 saturated heterocycles. The van der Waals surface area contributed by atoms with E-state index in [2.05, 4.69) is 15.8 Å². The van der Waals surface area contributed by atoms with Crippen molar-refractivity contribution >= 4 is 23.3 Å². The average molecular weight is 372 g/mol. The van der Waals surface area contributed by atoms with E-state index >= 15 is 0 Å². The van der Waals surface area contributed by atoms with Crippen LogP contribution in [0.2, 0.25) is 0 Å². The van der Waals surface area contributed by atoms with Crippen molar-refractivity contribution in [1.29, 1.82) is 0 Å². The molecule has 3 heterocycles. The van der Waals surface area contributed by atoms with Gasteiger partial charge in [0.25, 0.3) is 5.91 Å². The monoisotopic (exact) mass is 372 g/mol. The highest BCUT2D eigenvalue weighted by Crippen LogP contribution is 2.34. The predicted molar refractivity (Wildman–Crippen MR) is 99.5 cm³/mol. The number of hydrogen-bond acceptors (Lipinski definition) is 5. The normalized spacial score (nSPS) is 26.7. The summed E-state index contributed by atoms with van der Waals surface area (Å²) in [5.74, 6) is -0.213. The van der Waals surface area contributed by atoms with Crippen molar-refractivity contribution in [1.82, 2.24) is 10.2 Å². The fraction of sp³-hybridized carbons (Fsp3) is 0.526. The molecule has 3 amide bonds. The van der Waals surface area contributed by atoms with Crippen molar-refractivity contribution < 1.29 is 19.2 Å². The lowest BCUT2D eigenvalue weighted by Gasteiger charge is -2.22. The number of carbonyl (C=O) groups excluding carboxylic acids is 2. The lowest BCUT2D eigenvalue weighted by Crippen LogP contribution is -2.40. The van der Waals surface area contributed by atoms with Gasteiger partial charge in [0.2, 0.25) is 0 Å². The van der Waals surface area contributed by atoms with E-state index in [0.29, 0.717) is 38.2 Å². The second kappa shape index (κ2) is 7.56. The third-order valence-corrected chi connectivity index (χ3v) is 5.24. The fourth-order valence-corrected chi connectivity index (χ4v) is 3.72. The molecule has 1 spiro atoms. The zero-order valence-electron chi connectivity index (χ0n) is 15.1. The van der Waals surface area contributed by atoms with E-state index in [9.17, 15) is 9.59 Å². The minimum absolute atomic E-state index is 0.0921. The van der Waals surface area contributed by atoms with Crippen LogP contribution in [0.1, 0.15) is 25.7 Å². The summed E-state index contributed by atoms with van der Waals surface area (Å²) < 4.78 is 5.51. The van der Waals surface area contributed by atoms with Crippen LogP contribution in [0.4, 0.5) is 10.5 Å². The third-order valence-electron chi connectivity index (χ3n) is 5.24. The van der Waals surface area contributed by atoms with Gasteiger partial charge >= 0.3 is 6.03 Å². The largest absolute Gasteiger partial charge is 0.386 e. The van der Waals surface area contributed by atoms with Gasteiger partial charge in [-0.15, -0.1) is 0 Å². The van der Waals surface area contributed by atoms with E-state index in [0.717, 1.165) is 25.1 Å². The highest BCUT2D eigenvalue weighted by Gasteiger charge is 2.48. The maximum Gasteiger partial charge on any atom is 0.321 e. The predicted octanol–water partition coefficient (Wildman–Crippen LogP) is 1.73. The Bertz CT molecular complexity index is 732. The van der Waals surface area contributed by atoms with E-state index in [1.54, 1.807) is 4.90 Å². The number of urea groups is 1. The van der Waals surface area contributed by atoms with Crippen LogP contribution >= 0.6 is 0 Å². The van der Waals surface area contributed by atoms with Crippen LogP contribution in [-0.4, -0.2) is 60.5 Å². The molecule has 8 nitrogen and oxygen atoms in total. The van der Waals surface area contributed by atoms with Gasteiger partial charge in [-0.1, -0.05) is 23.4 Å².